The van der Waals surface area contributed by atoms with Gasteiger partial charge in [0.05, 0.1) is 17.6 Å². The van der Waals surface area contributed by atoms with Crippen LogP contribution in [0.3, 0.4) is 0 Å². The highest BCUT2D eigenvalue weighted by Crippen LogP contribution is 2.15. The Bertz CT molecular complexity index is 855. The van der Waals surface area contributed by atoms with E-state index in [1.165, 1.54) is 0 Å². The number of amides is 1. The molecule has 3 rings (SSSR count). The molecule has 5 heteroatoms. The molecule has 0 atom stereocenters. The van der Waals surface area contributed by atoms with Crippen LogP contribution in [-0.2, 0) is 6.54 Å². The lowest BCUT2D eigenvalue weighted by atomic mass is 10.2. The minimum Gasteiger partial charge on any atom is -0.494 e. The number of nitrogens with one attached hydrogen (secondary N) is 1. The van der Waals surface area contributed by atoms with Crippen LogP contribution in [-0.4, -0.2) is 28.6 Å². The highest BCUT2D eigenvalue weighted by molar-refractivity contribution is 5.94. The van der Waals surface area contributed by atoms with Crippen molar-refractivity contribution in [1.82, 2.24) is 14.9 Å². The first kappa shape index (κ1) is 16.1. The van der Waals surface area contributed by atoms with Gasteiger partial charge in [0.1, 0.15) is 11.6 Å². The highest BCUT2D eigenvalue weighted by atomic mass is 16.5. The van der Waals surface area contributed by atoms with Crippen LogP contribution < -0.4 is 10.1 Å². The lowest BCUT2D eigenvalue weighted by Crippen LogP contribution is -2.27. The smallest absolute Gasteiger partial charge is 0.251 e. The summed E-state index contributed by atoms with van der Waals surface area (Å²) < 4.78 is 7.55. The van der Waals surface area contributed by atoms with Crippen LogP contribution in [0, 0.1) is 6.92 Å². The van der Waals surface area contributed by atoms with E-state index in [9.17, 15) is 4.79 Å². The van der Waals surface area contributed by atoms with Gasteiger partial charge in [-0.05, 0) is 44.2 Å². The number of imidazole rings is 1. The van der Waals surface area contributed by atoms with Gasteiger partial charge in [-0.15, -0.1) is 0 Å². The van der Waals surface area contributed by atoms with Crippen LogP contribution in [0.4, 0.5) is 0 Å². The molecular weight excluding hydrogens is 302 g/mol. The summed E-state index contributed by atoms with van der Waals surface area (Å²) in [4.78, 5) is 16.8. The average Bonchev–Trinajstić information content (AvgIpc) is 2.91. The van der Waals surface area contributed by atoms with Crippen LogP contribution in [0.25, 0.3) is 11.0 Å². The predicted molar refractivity (Wildman–Crippen MR) is 94.4 cm³/mol. The molecule has 0 bridgehead atoms. The molecule has 3 aromatic rings. The molecule has 124 valence electrons. The number of hydrogen-bond acceptors (Lipinski definition) is 3. The lowest BCUT2D eigenvalue weighted by Gasteiger charge is -2.09. The van der Waals surface area contributed by atoms with E-state index in [1.54, 1.807) is 12.1 Å². The van der Waals surface area contributed by atoms with Crippen LogP contribution in [0.5, 0.6) is 5.75 Å². The van der Waals surface area contributed by atoms with Gasteiger partial charge in [-0.1, -0.05) is 18.2 Å². The van der Waals surface area contributed by atoms with Crippen molar-refractivity contribution in [1.29, 1.82) is 0 Å². The molecule has 1 amide bonds. The van der Waals surface area contributed by atoms with E-state index >= 15 is 0 Å². The first-order chi connectivity index (χ1) is 11.7. The molecule has 1 N–H and O–H groups in total. The van der Waals surface area contributed by atoms with E-state index in [-0.39, 0.29) is 5.91 Å². The fraction of sp³-hybridized carbons (Fsp3) is 0.263. The molecular formula is C19H21N3O2. The summed E-state index contributed by atoms with van der Waals surface area (Å²) in [7, 11) is 0. The summed E-state index contributed by atoms with van der Waals surface area (Å²) in [6, 6.07) is 15.2. The van der Waals surface area contributed by atoms with E-state index in [0.29, 0.717) is 31.0 Å². The van der Waals surface area contributed by atoms with Gasteiger partial charge in [-0.25, -0.2) is 4.98 Å². The Kier molecular flexibility index (Phi) is 4.79. The maximum absolute atomic E-state index is 12.3. The summed E-state index contributed by atoms with van der Waals surface area (Å²) in [6.07, 6.45) is 0. The monoisotopic (exact) mass is 323 g/mol. The van der Waals surface area contributed by atoms with Crippen molar-refractivity contribution in [2.75, 3.05) is 13.2 Å². The van der Waals surface area contributed by atoms with Crippen LogP contribution in [0.1, 0.15) is 23.1 Å². The highest BCUT2D eigenvalue weighted by Gasteiger charge is 2.09. The molecule has 0 saturated carbocycles. The van der Waals surface area contributed by atoms with Crippen molar-refractivity contribution in [2.45, 2.75) is 20.4 Å². The molecule has 1 heterocycles. The number of nitrogens with zero attached hydrogens (tertiary/aromatic N) is 2. The van der Waals surface area contributed by atoms with Crippen LogP contribution in [0.15, 0.2) is 48.5 Å². The average molecular weight is 323 g/mol. The van der Waals surface area contributed by atoms with Gasteiger partial charge >= 0.3 is 0 Å². The molecule has 0 radical (unpaired) electrons. The molecule has 2 aromatic carbocycles. The molecule has 0 saturated heterocycles. The summed E-state index contributed by atoms with van der Waals surface area (Å²) in [5.74, 6) is 1.56. The number of carbonyl (C=O) groups is 1. The van der Waals surface area contributed by atoms with Gasteiger partial charge in [-0.3, -0.25) is 4.79 Å². The quantitative estimate of drug-likeness (QED) is 0.758. The second-order valence-corrected chi connectivity index (χ2v) is 5.52. The summed E-state index contributed by atoms with van der Waals surface area (Å²) in [6.45, 7) is 5.71. The van der Waals surface area contributed by atoms with Gasteiger partial charge in [-0.2, -0.15) is 0 Å². The van der Waals surface area contributed by atoms with Gasteiger partial charge in [0, 0.05) is 18.7 Å². The molecule has 5 nitrogen and oxygen atoms in total. The summed E-state index contributed by atoms with van der Waals surface area (Å²) >= 11 is 0. The number of rotatable bonds is 6. The van der Waals surface area contributed by atoms with E-state index < -0.39 is 0 Å². The number of para-hydroxylation sites is 2. The van der Waals surface area contributed by atoms with E-state index in [2.05, 4.69) is 14.9 Å². The van der Waals surface area contributed by atoms with Crippen LogP contribution in [0.2, 0.25) is 0 Å². The predicted octanol–water partition coefficient (Wildman–Crippen LogP) is 3.17. The van der Waals surface area contributed by atoms with E-state index in [0.717, 1.165) is 16.9 Å². The Hall–Kier alpha value is -2.82. The number of benzene rings is 2. The Balaban J connectivity index is 1.64. The van der Waals surface area contributed by atoms with Crippen molar-refractivity contribution in [3.63, 3.8) is 0 Å². The third-order valence-corrected chi connectivity index (χ3v) is 3.87. The first-order valence-corrected chi connectivity index (χ1v) is 8.12. The fourth-order valence-electron chi connectivity index (χ4n) is 2.76. The Morgan fingerprint density at radius 1 is 1.21 bits per heavy atom. The van der Waals surface area contributed by atoms with Gasteiger partial charge in [0.25, 0.3) is 5.91 Å². The van der Waals surface area contributed by atoms with Gasteiger partial charge in [0.15, 0.2) is 0 Å². The largest absolute Gasteiger partial charge is 0.494 e. The number of aromatic nitrogens is 2. The SMILES string of the molecule is CCOc1cccc(C(=O)NCCn2c(C)nc3ccccc32)c1. The molecule has 0 spiro atoms. The van der Waals surface area contributed by atoms with Crippen LogP contribution >= 0.6 is 0 Å². The molecule has 0 fully saturated rings. The van der Waals surface area contributed by atoms with Crippen molar-refractivity contribution >= 4 is 16.9 Å². The maximum atomic E-state index is 12.3. The standard InChI is InChI=1S/C19H21N3O2/c1-3-24-16-8-6-7-15(13-16)19(23)20-11-12-22-14(2)21-17-9-4-5-10-18(17)22/h4-10,13H,3,11-12H2,1-2H3,(H,20,23). The van der Waals surface area contributed by atoms with E-state index in [4.69, 9.17) is 4.74 Å². The molecule has 24 heavy (non-hydrogen) atoms. The Morgan fingerprint density at radius 2 is 2.04 bits per heavy atom. The van der Waals surface area contributed by atoms with Crippen molar-refractivity contribution < 1.29 is 9.53 Å². The maximum Gasteiger partial charge on any atom is 0.251 e. The first-order valence-electron chi connectivity index (χ1n) is 8.12. The molecule has 0 unspecified atom stereocenters. The zero-order valence-corrected chi connectivity index (χ0v) is 14.0. The van der Waals surface area contributed by atoms with Crippen molar-refractivity contribution in [2.24, 2.45) is 0 Å². The molecule has 0 aliphatic heterocycles. The minimum absolute atomic E-state index is 0.0985. The van der Waals surface area contributed by atoms with E-state index in [1.807, 2.05) is 50.2 Å². The number of aryl methyl sites for hydroxylation is 1. The Morgan fingerprint density at radius 3 is 2.88 bits per heavy atom. The molecule has 0 aliphatic rings. The van der Waals surface area contributed by atoms with Crippen molar-refractivity contribution in [3.05, 3.63) is 59.9 Å². The number of carbonyl (C=O) groups excluding carboxylic acids is 1. The summed E-state index contributed by atoms with van der Waals surface area (Å²) in [5, 5.41) is 2.96. The third-order valence-electron chi connectivity index (χ3n) is 3.87. The Labute approximate surface area is 141 Å². The lowest BCUT2D eigenvalue weighted by molar-refractivity contribution is 0.0952. The fourth-order valence-corrected chi connectivity index (χ4v) is 2.76. The minimum atomic E-state index is -0.0985. The summed E-state index contributed by atoms with van der Waals surface area (Å²) in [5.41, 5.74) is 2.67. The zero-order chi connectivity index (χ0) is 16.9. The third kappa shape index (κ3) is 3.40. The molecule has 0 aliphatic carbocycles. The second-order valence-electron chi connectivity index (χ2n) is 5.52. The topological polar surface area (TPSA) is 56.1 Å². The number of ether oxygens (including phenoxy) is 1. The number of hydrogen-bond donors (Lipinski definition) is 1. The normalized spacial score (nSPS) is 10.8. The number of fused-ring (bicyclic) bond motifs is 1. The second kappa shape index (κ2) is 7.17. The van der Waals surface area contributed by atoms with Gasteiger partial charge < -0.3 is 14.6 Å². The zero-order valence-electron chi connectivity index (χ0n) is 14.0. The van der Waals surface area contributed by atoms with Gasteiger partial charge in [0.2, 0.25) is 0 Å². The molecule has 1 aromatic heterocycles. The van der Waals surface area contributed by atoms with Crippen molar-refractivity contribution in [3.8, 4) is 5.75 Å².